The normalized spacial score (nSPS) is 10.9. The van der Waals surface area contributed by atoms with Crippen LogP contribution in [0.15, 0.2) is 90.2 Å². The summed E-state index contributed by atoms with van der Waals surface area (Å²) in [5, 5.41) is 9.06. The summed E-state index contributed by atoms with van der Waals surface area (Å²) in [6, 6.07) is 24.7. The van der Waals surface area contributed by atoms with Crippen LogP contribution in [0.3, 0.4) is 0 Å². The molecular weight excluding hydrogens is 424 g/mol. The number of hydrogen-bond acceptors (Lipinski definition) is 4. The minimum Gasteiger partial charge on any atom is -0.483 e. The molecule has 6 nitrogen and oxygen atoms in total. The first-order valence-electron chi connectivity index (χ1n) is 10.0. The second-order valence-electron chi connectivity index (χ2n) is 7.10. The van der Waals surface area contributed by atoms with Crippen molar-refractivity contribution in [3.63, 3.8) is 0 Å². The Morgan fingerprint density at radius 3 is 2.66 bits per heavy atom. The minimum absolute atomic E-state index is 0.173. The third-order valence-electron chi connectivity index (χ3n) is 4.69. The van der Waals surface area contributed by atoms with Crippen molar-refractivity contribution in [2.75, 3.05) is 6.61 Å². The molecule has 0 spiro atoms. The summed E-state index contributed by atoms with van der Waals surface area (Å²) < 4.78 is 7.69. The predicted octanol–water partition coefficient (Wildman–Crippen LogP) is 5.03. The van der Waals surface area contributed by atoms with E-state index in [1.165, 1.54) is 0 Å². The second-order valence-corrected chi connectivity index (χ2v) is 7.53. The lowest BCUT2D eigenvalue weighted by molar-refractivity contribution is -0.123. The number of benzene rings is 3. The van der Waals surface area contributed by atoms with Crippen molar-refractivity contribution < 1.29 is 9.53 Å². The second kappa shape index (κ2) is 9.94. The number of hydrogen-bond donors (Lipinski definition) is 1. The van der Waals surface area contributed by atoms with E-state index in [1.807, 2.05) is 78.3 Å². The summed E-state index contributed by atoms with van der Waals surface area (Å²) in [6.45, 7) is 1.84. The number of hydrazone groups is 1. The Morgan fingerprint density at radius 2 is 1.88 bits per heavy atom. The van der Waals surface area contributed by atoms with Crippen molar-refractivity contribution in [3.8, 4) is 22.7 Å². The van der Waals surface area contributed by atoms with E-state index in [1.54, 1.807) is 24.5 Å². The Kier molecular flexibility index (Phi) is 6.63. The Bertz CT molecular complexity index is 1230. The first-order valence-corrected chi connectivity index (χ1v) is 10.4. The fraction of sp³-hybridized carbons (Fsp3) is 0.0800. The third kappa shape index (κ3) is 5.22. The molecule has 1 aromatic heterocycles. The van der Waals surface area contributed by atoms with Gasteiger partial charge >= 0.3 is 0 Å². The van der Waals surface area contributed by atoms with Gasteiger partial charge in [0.2, 0.25) is 0 Å². The number of nitrogens with zero attached hydrogens (tertiary/aromatic N) is 3. The van der Waals surface area contributed by atoms with E-state index in [0.29, 0.717) is 10.8 Å². The van der Waals surface area contributed by atoms with Crippen LogP contribution in [0.4, 0.5) is 0 Å². The average Bonchev–Trinajstić information content (AvgIpc) is 3.30. The lowest BCUT2D eigenvalue weighted by atomic mass is 10.1. The van der Waals surface area contributed by atoms with Crippen molar-refractivity contribution in [3.05, 3.63) is 101 Å². The van der Waals surface area contributed by atoms with Crippen molar-refractivity contribution in [2.24, 2.45) is 5.10 Å². The van der Waals surface area contributed by atoms with Gasteiger partial charge in [0.05, 0.1) is 23.8 Å². The van der Waals surface area contributed by atoms with Gasteiger partial charge < -0.3 is 4.74 Å². The van der Waals surface area contributed by atoms with Gasteiger partial charge in [-0.3, -0.25) is 4.79 Å². The summed E-state index contributed by atoms with van der Waals surface area (Å²) in [7, 11) is 0. The number of aromatic nitrogens is 2. The molecule has 3 aromatic carbocycles. The first-order chi connectivity index (χ1) is 15.6. The van der Waals surface area contributed by atoms with Crippen LogP contribution in [0.1, 0.15) is 11.1 Å². The number of amides is 1. The highest BCUT2D eigenvalue weighted by Gasteiger charge is 2.14. The number of para-hydroxylation sites is 1. The van der Waals surface area contributed by atoms with Crippen LogP contribution in [0.25, 0.3) is 16.9 Å². The van der Waals surface area contributed by atoms with E-state index in [2.05, 4.69) is 15.6 Å². The molecule has 0 saturated heterocycles. The Balaban J connectivity index is 1.47. The van der Waals surface area contributed by atoms with Crippen molar-refractivity contribution in [1.29, 1.82) is 0 Å². The lowest BCUT2D eigenvalue weighted by Gasteiger charge is -2.14. The largest absolute Gasteiger partial charge is 0.483 e. The fourth-order valence-corrected chi connectivity index (χ4v) is 3.28. The Hall–Kier alpha value is -3.90. The number of carbonyl (C=O) groups is 1. The molecule has 0 radical (unpaired) electrons. The van der Waals surface area contributed by atoms with Crippen molar-refractivity contribution in [2.45, 2.75) is 6.92 Å². The molecule has 0 saturated carbocycles. The van der Waals surface area contributed by atoms with Crippen LogP contribution in [0, 0.1) is 6.92 Å². The molecule has 7 heteroatoms. The Morgan fingerprint density at radius 1 is 1.09 bits per heavy atom. The molecule has 1 heterocycles. The third-order valence-corrected chi connectivity index (χ3v) is 4.94. The van der Waals surface area contributed by atoms with Crippen molar-refractivity contribution in [1.82, 2.24) is 15.2 Å². The average molecular weight is 445 g/mol. The zero-order chi connectivity index (χ0) is 22.3. The number of carbonyl (C=O) groups excluding carboxylic acids is 1. The van der Waals surface area contributed by atoms with Gasteiger partial charge in [-0.15, -0.1) is 0 Å². The van der Waals surface area contributed by atoms with Gasteiger partial charge in [-0.1, -0.05) is 53.6 Å². The molecule has 160 valence electrons. The molecule has 0 aliphatic carbocycles. The highest BCUT2D eigenvalue weighted by molar-refractivity contribution is 6.30. The Labute approximate surface area is 191 Å². The molecule has 0 unspecified atom stereocenters. The summed E-state index contributed by atoms with van der Waals surface area (Å²) >= 11 is 5.86. The zero-order valence-corrected chi connectivity index (χ0v) is 18.2. The molecule has 0 bridgehead atoms. The van der Waals surface area contributed by atoms with Crippen LogP contribution < -0.4 is 10.2 Å². The van der Waals surface area contributed by atoms with Gasteiger partial charge in [-0.05, 0) is 55.0 Å². The molecule has 4 rings (SSSR count). The van der Waals surface area contributed by atoms with E-state index in [-0.39, 0.29) is 12.5 Å². The zero-order valence-electron chi connectivity index (χ0n) is 17.4. The summed E-state index contributed by atoms with van der Waals surface area (Å²) in [5.41, 5.74) is 7.03. The SMILES string of the molecule is Cc1ccc(OCC(=O)N/N=C/c2ccc(Cl)cc2)c(-c2ccnn2-c2ccccc2)c1. The van der Waals surface area contributed by atoms with Gasteiger partial charge in [0, 0.05) is 10.6 Å². The molecule has 32 heavy (non-hydrogen) atoms. The summed E-state index contributed by atoms with van der Waals surface area (Å²) in [5.74, 6) is 0.225. The molecule has 0 aliphatic heterocycles. The van der Waals surface area contributed by atoms with Gasteiger partial charge in [-0.2, -0.15) is 10.2 Å². The maximum Gasteiger partial charge on any atom is 0.277 e. The van der Waals surface area contributed by atoms with Gasteiger partial charge in [0.1, 0.15) is 5.75 Å². The van der Waals surface area contributed by atoms with Gasteiger partial charge in [0.15, 0.2) is 6.61 Å². The van der Waals surface area contributed by atoms with Crippen LogP contribution in [-0.2, 0) is 4.79 Å². The fourth-order valence-electron chi connectivity index (χ4n) is 3.16. The van der Waals surface area contributed by atoms with Gasteiger partial charge in [-0.25, -0.2) is 10.1 Å². The van der Waals surface area contributed by atoms with E-state index in [9.17, 15) is 4.79 Å². The number of ether oxygens (including phenoxy) is 1. The molecule has 1 N–H and O–H groups in total. The highest BCUT2D eigenvalue weighted by Crippen LogP contribution is 2.32. The molecular formula is C25H21ClN4O2. The van der Waals surface area contributed by atoms with Gasteiger partial charge in [0.25, 0.3) is 5.91 Å². The summed E-state index contributed by atoms with van der Waals surface area (Å²) in [6.07, 6.45) is 3.29. The maximum absolute atomic E-state index is 12.2. The van der Waals surface area contributed by atoms with E-state index < -0.39 is 0 Å². The van der Waals surface area contributed by atoms with Crippen molar-refractivity contribution >= 4 is 23.7 Å². The number of nitrogens with one attached hydrogen (secondary N) is 1. The topological polar surface area (TPSA) is 68.5 Å². The molecule has 0 fully saturated rings. The monoisotopic (exact) mass is 444 g/mol. The predicted molar refractivity (Wildman–Crippen MR) is 126 cm³/mol. The molecule has 0 aliphatic rings. The molecule has 4 aromatic rings. The number of rotatable bonds is 7. The standard InChI is InChI=1S/C25H21ClN4O2/c1-18-7-12-24(32-17-25(31)29-27-16-19-8-10-20(26)11-9-19)22(15-18)23-13-14-28-30(23)21-5-3-2-4-6-21/h2-16H,17H2,1H3,(H,29,31)/b27-16+. The van der Waals surface area contributed by atoms with Crippen LogP contribution in [0.5, 0.6) is 5.75 Å². The van der Waals surface area contributed by atoms with E-state index >= 15 is 0 Å². The quantitative estimate of drug-likeness (QED) is 0.321. The van der Waals surface area contributed by atoms with E-state index in [4.69, 9.17) is 16.3 Å². The number of aryl methyl sites for hydroxylation is 1. The number of halogens is 1. The van der Waals surface area contributed by atoms with Crippen LogP contribution in [-0.4, -0.2) is 28.5 Å². The first kappa shape index (κ1) is 21.3. The van der Waals surface area contributed by atoms with Crippen LogP contribution >= 0.6 is 11.6 Å². The molecule has 1 amide bonds. The highest BCUT2D eigenvalue weighted by atomic mass is 35.5. The van der Waals surface area contributed by atoms with Crippen LogP contribution in [0.2, 0.25) is 5.02 Å². The lowest BCUT2D eigenvalue weighted by Crippen LogP contribution is -2.24. The smallest absolute Gasteiger partial charge is 0.277 e. The molecule has 0 atom stereocenters. The van der Waals surface area contributed by atoms with E-state index in [0.717, 1.165) is 28.1 Å². The summed E-state index contributed by atoms with van der Waals surface area (Å²) in [4.78, 5) is 12.2. The minimum atomic E-state index is -0.363. The maximum atomic E-state index is 12.2.